The van der Waals surface area contributed by atoms with Gasteiger partial charge in [0, 0.05) is 10.6 Å². The van der Waals surface area contributed by atoms with Crippen molar-refractivity contribution in [1.82, 2.24) is 5.32 Å². The van der Waals surface area contributed by atoms with E-state index in [2.05, 4.69) is 10.3 Å². The van der Waals surface area contributed by atoms with Crippen LogP contribution in [0.25, 0.3) is 0 Å². The van der Waals surface area contributed by atoms with Crippen LogP contribution in [0.5, 0.6) is 0 Å². The molecule has 2 rings (SSSR count). The number of benzene rings is 2. The summed E-state index contributed by atoms with van der Waals surface area (Å²) in [5.74, 6) is 0. The van der Waals surface area contributed by atoms with Gasteiger partial charge in [0.2, 0.25) is 0 Å². The zero-order valence-electron chi connectivity index (χ0n) is 11.8. The Morgan fingerprint density at radius 2 is 2.05 bits per heavy atom. The number of rotatable bonds is 3. The molecule has 0 aliphatic carbocycles. The van der Waals surface area contributed by atoms with E-state index in [0.29, 0.717) is 21.4 Å². The number of halogens is 1. The fourth-order valence-electron chi connectivity index (χ4n) is 1.94. The highest BCUT2D eigenvalue weighted by Crippen LogP contribution is 2.33. The van der Waals surface area contributed by atoms with Gasteiger partial charge < -0.3 is 5.11 Å². The normalized spacial score (nSPS) is 12.5. The van der Waals surface area contributed by atoms with Crippen LogP contribution < -0.4 is 5.32 Å². The number of nitriles is 1. The number of hydrogen-bond donors (Lipinski definition) is 2. The molecule has 0 aliphatic rings. The van der Waals surface area contributed by atoms with Gasteiger partial charge in [0.1, 0.15) is 6.10 Å². The predicted molar refractivity (Wildman–Crippen MR) is 91.3 cm³/mol. The Hall–Kier alpha value is -2.00. The highest BCUT2D eigenvalue weighted by Gasteiger charge is 2.15. The van der Waals surface area contributed by atoms with Crippen molar-refractivity contribution in [1.29, 1.82) is 5.26 Å². The number of aliphatic hydroxyl groups is 1. The summed E-state index contributed by atoms with van der Waals surface area (Å²) < 4.78 is 0. The van der Waals surface area contributed by atoms with E-state index >= 15 is 0 Å². The van der Waals surface area contributed by atoms with Crippen LogP contribution in [0.15, 0.2) is 53.5 Å². The first-order valence-corrected chi connectivity index (χ1v) is 8.06. The van der Waals surface area contributed by atoms with Gasteiger partial charge >= 0.3 is 0 Å². The van der Waals surface area contributed by atoms with Crippen LogP contribution in [-0.4, -0.2) is 16.5 Å². The molecule has 0 aromatic heterocycles. The van der Waals surface area contributed by atoms with Crippen molar-refractivity contribution in [3.8, 4) is 6.19 Å². The molecular formula is C16H14ClN3OS. The summed E-state index contributed by atoms with van der Waals surface area (Å²) in [7, 11) is 0. The van der Waals surface area contributed by atoms with Gasteiger partial charge in [-0.3, -0.25) is 5.32 Å². The molecular weight excluding hydrogens is 318 g/mol. The predicted octanol–water partition coefficient (Wildman–Crippen LogP) is 3.84. The summed E-state index contributed by atoms with van der Waals surface area (Å²) in [6, 6.07) is 14.4. The Labute approximate surface area is 138 Å². The highest BCUT2D eigenvalue weighted by molar-refractivity contribution is 8.13. The number of aliphatic imine (C=N–C) groups is 1. The second-order valence-electron chi connectivity index (χ2n) is 4.37. The molecule has 6 heteroatoms. The molecule has 4 nitrogen and oxygen atoms in total. The summed E-state index contributed by atoms with van der Waals surface area (Å²) in [5, 5.41) is 22.8. The molecule has 0 radical (unpaired) electrons. The molecule has 2 N–H and O–H groups in total. The van der Waals surface area contributed by atoms with Crippen molar-refractivity contribution in [3.63, 3.8) is 0 Å². The monoisotopic (exact) mass is 331 g/mol. The maximum Gasteiger partial charge on any atom is 0.183 e. The fourth-order valence-corrected chi connectivity index (χ4v) is 2.45. The van der Waals surface area contributed by atoms with Crippen molar-refractivity contribution >= 4 is 34.2 Å². The zero-order valence-corrected chi connectivity index (χ0v) is 13.4. The van der Waals surface area contributed by atoms with Crippen LogP contribution in [0.4, 0.5) is 5.69 Å². The van der Waals surface area contributed by atoms with E-state index in [1.807, 2.05) is 36.5 Å². The number of nitrogens with one attached hydrogen (secondary N) is 1. The van der Waals surface area contributed by atoms with Gasteiger partial charge in [0.25, 0.3) is 0 Å². The summed E-state index contributed by atoms with van der Waals surface area (Å²) >= 11 is 7.33. The van der Waals surface area contributed by atoms with Crippen LogP contribution in [0.1, 0.15) is 17.2 Å². The summed E-state index contributed by atoms with van der Waals surface area (Å²) in [5.41, 5.74) is 1.91. The maximum absolute atomic E-state index is 10.6. The Morgan fingerprint density at radius 1 is 1.32 bits per heavy atom. The highest BCUT2D eigenvalue weighted by atomic mass is 35.5. The molecule has 0 fully saturated rings. The van der Waals surface area contributed by atoms with Gasteiger partial charge in [-0.1, -0.05) is 59.8 Å². The van der Waals surface area contributed by atoms with E-state index in [1.54, 1.807) is 24.5 Å². The molecule has 0 bridgehead atoms. The molecule has 0 amide bonds. The lowest BCUT2D eigenvalue weighted by atomic mass is 10.00. The first kappa shape index (κ1) is 16.4. The minimum absolute atomic E-state index is 0.436. The van der Waals surface area contributed by atoms with Crippen LogP contribution in [0.2, 0.25) is 5.02 Å². The van der Waals surface area contributed by atoms with Crippen LogP contribution in [-0.2, 0) is 0 Å². The Balaban J connectivity index is 2.46. The maximum atomic E-state index is 10.6. The van der Waals surface area contributed by atoms with Gasteiger partial charge in [-0.05, 0) is 24.0 Å². The molecule has 0 spiro atoms. The van der Waals surface area contributed by atoms with Crippen LogP contribution >= 0.6 is 23.4 Å². The van der Waals surface area contributed by atoms with E-state index in [0.717, 1.165) is 5.56 Å². The molecule has 0 aliphatic heterocycles. The summed E-state index contributed by atoms with van der Waals surface area (Å²) in [4.78, 5) is 4.38. The fraction of sp³-hybridized carbons (Fsp3) is 0.125. The number of amidine groups is 1. The first-order chi connectivity index (χ1) is 10.7. The standard InChI is InChI=1S/C16H14ClN3OS/c1-22-16(19-10-18)20-14-9-12(17)7-8-13(14)15(21)11-5-3-2-4-6-11/h2-9,15,21H,1H3,(H,19,20). The van der Waals surface area contributed by atoms with Gasteiger partial charge in [0.15, 0.2) is 11.4 Å². The number of aliphatic hydroxyl groups excluding tert-OH is 1. The minimum atomic E-state index is -0.817. The molecule has 0 saturated heterocycles. The Bertz CT molecular complexity index is 713. The van der Waals surface area contributed by atoms with E-state index in [1.165, 1.54) is 11.8 Å². The zero-order chi connectivity index (χ0) is 15.9. The van der Waals surface area contributed by atoms with Crippen LogP contribution in [0.3, 0.4) is 0 Å². The van der Waals surface area contributed by atoms with Gasteiger partial charge in [-0.15, -0.1) is 0 Å². The van der Waals surface area contributed by atoms with Crippen molar-refractivity contribution in [2.45, 2.75) is 6.10 Å². The molecule has 2 aromatic carbocycles. The van der Waals surface area contributed by atoms with Crippen molar-refractivity contribution in [2.75, 3.05) is 6.26 Å². The third-order valence-corrected chi connectivity index (χ3v) is 3.80. The summed E-state index contributed by atoms with van der Waals surface area (Å²) in [6.45, 7) is 0. The SMILES string of the molecule is CSC(=Nc1cc(Cl)ccc1C(O)c1ccccc1)NC#N. The molecule has 2 aromatic rings. The second kappa shape index (κ2) is 7.85. The molecule has 1 unspecified atom stereocenters. The quantitative estimate of drug-likeness (QED) is 0.388. The lowest BCUT2D eigenvalue weighted by molar-refractivity contribution is 0.221. The largest absolute Gasteiger partial charge is 0.384 e. The van der Waals surface area contributed by atoms with Gasteiger partial charge in [-0.2, -0.15) is 5.26 Å². The third-order valence-electron chi connectivity index (χ3n) is 2.98. The van der Waals surface area contributed by atoms with E-state index in [9.17, 15) is 5.11 Å². The molecule has 1 atom stereocenters. The van der Waals surface area contributed by atoms with E-state index in [4.69, 9.17) is 16.9 Å². The molecule has 112 valence electrons. The van der Waals surface area contributed by atoms with Gasteiger partial charge in [0.05, 0.1) is 5.69 Å². The smallest absolute Gasteiger partial charge is 0.183 e. The number of hydrogen-bond acceptors (Lipinski definition) is 4. The third kappa shape index (κ3) is 4.01. The van der Waals surface area contributed by atoms with Crippen molar-refractivity contribution < 1.29 is 5.11 Å². The minimum Gasteiger partial charge on any atom is -0.384 e. The molecule has 0 heterocycles. The number of nitrogens with zero attached hydrogens (tertiary/aromatic N) is 2. The summed E-state index contributed by atoms with van der Waals surface area (Å²) in [6.07, 6.45) is 2.83. The van der Waals surface area contributed by atoms with Gasteiger partial charge in [-0.25, -0.2) is 4.99 Å². The number of thioether (sulfide) groups is 1. The topological polar surface area (TPSA) is 68.4 Å². The Morgan fingerprint density at radius 3 is 2.68 bits per heavy atom. The van der Waals surface area contributed by atoms with Crippen LogP contribution in [0, 0.1) is 11.5 Å². The lowest BCUT2D eigenvalue weighted by Crippen LogP contribution is -2.12. The molecule has 22 heavy (non-hydrogen) atoms. The first-order valence-electron chi connectivity index (χ1n) is 6.46. The Kier molecular flexibility index (Phi) is 5.84. The average Bonchev–Trinajstić information content (AvgIpc) is 2.55. The van der Waals surface area contributed by atoms with E-state index in [-0.39, 0.29) is 0 Å². The average molecular weight is 332 g/mol. The van der Waals surface area contributed by atoms with E-state index < -0.39 is 6.10 Å². The lowest BCUT2D eigenvalue weighted by Gasteiger charge is -2.14. The molecule has 0 saturated carbocycles. The van der Waals surface area contributed by atoms with Crippen molar-refractivity contribution in [2.24, 2.45) is 4.99 Å². The van der Waals surface area contributed by atoms with Crippen molar-refractivity contribution in [3.05, 3.63) is 64.7 Å². The second-order valence-corrected chi connectivity index (χ2v) is 5.61.